The van der Waals surface area contributed by atoms with Crippen molar-refractivity contribution in [2.24, 2.45) is 0 Å². The maximum absolute atomic E-state index is 13.7. The van der Waals surface area contributed by atoms with E-state index in [1.165, 1.54) is 24.5 Å². The molecule has 0 aliphatic carbocycles. The average molecular weight is 319 g/mol. The van der Waals surface area contributed by atoms with Gasteiger partial charge in [-0.3, -0.25) is 0 Å². The predicted molar refractivity (Wildman–Crippen MR) is 79.9 cm³/mol. The van der Waals surface area contributed by atoms with Crippen molar-refractivity contribution < 1.29 is 17.9 Å². The second kappa shape index (κ2) is 6.51. The molecule has 4 nitrogen and oxygen atoms in total. The van der Waals surface area contributed by atoms with Crippen LogP contribution >= 0.6 is 0 Å². The van der Waals surface area contributed by atoms with Crippen LogP contribution in [0, 0.1) is 5.82 Å². The van der Waals surface area contributed by atoms with Crippen LogP contribution in [0.4, 0.5) is 19.0 Å². The third-order valence-corrected chi connectivity index (χ3v) is 3.20. The summed E-state index contributed by atoms with van der Waals surface area (Å²) < 4.78 is 42.5. The van der Waals surface area contributed by atoms with E-state index in [0.717, 1.165) is 5.56 Å². The van der Waals surface area contributed by atoms with Crippen LogP contribution < -0.4 is 10.1 Å². The summed E-state index contributed by atoms with van der Waals surface area (Å²) in [5.74, 6) is 0.118. The van der Waals surface area contributed by atoms with Crippen molar-refractivity contribution in [3.63, 3.8) is 0 Å². The molecule has 0 spiro atoms. The lowest BCUT2D eigenvalue weighted by molar-refractivity contribution is -0.0498. The Kier molecular flexibility index (Phi) is 4.27. The molecule has 7 heteroatoms. The van der Waals surface area contributed by atoms with Gasteiger partial charge in [-0.25, -0.2) is 14.4 Å². The number of alkyl halides is 2. The Labute approximate surface area is 129 Å². The van der Waals surface area contributed by atoms with E-state index in [4.69, 9.17) is 0 Å². The van der Waals surface area contributed by atoms with E-state index < -0.39 is 12.4 Å². The summed E-state index contributed by atoms with van der Waals surface area (Å²) in [7, 11) is 0. The van der Waals surface area contributed by atoms with Gasteiger partial charge in [0.25, 0.3) is 0 Å². The number of rotatable bonds is 5. The Bertz CT molecular complexity index is 827. The highest BCUT2D eigenvalue weighted by molar-refractivity contribution is 5.89. The fraction of sp³-hybridized carbons (Fsp3) is 0.125. The fourth-order valence-electron chi connectivity index (χ4n) is 2.21. The molecular formula is C16H12F3N3O. The molecule has 0 aliphatic rings. The molecule has 2 aromatic carbocycles. The van der Waals surface area contributed by atoms with E-state index in [9.17, 15) is 13.2 Å². The number of hydrogen-bond donors (Lipinski definition) is 1. The molecule has 0 unspecified atom stereocenters. The second-order valence-electron chi connectivity index (χ2n) is 4.74. The Hall–Kier alpha value is -2.83. The Morgan fingerprint density at radius 2 is 1.91 bits per heavy atom. The molecule has 3 rings (SSSR count). The van der Waals surface area contributed by atoms with Crippen molar-refractivity contribution in [1.29, 1.82) is 0 Å². The molecule has 0 bridgehead atoms. The summed E-state index contributed by atoms with van der Waals surface area (Å²) in [6.45, 7) is -2.55. The van der Waals surface area contributed by atoms with Crippen molar-refractivity contribution in [3.8, 4) is 5.75 Å². The van der Waals surface area contributed by atoms with Crippen molar-refractivity contribution in [2.75, 3.05) is 5.32 Å². The number of halogens is 3. The van der Waals surface area contributed by atoms with E-state index >= 15 is 0 Å². The van der Waals surface area contributed by atoms with Gasteiger partial charge in [-0.2, -0.15) is 8.78 Å². The summed E-state index contributed by atoms with van der Waals surface area (Å²) in [5.41, 5.74) is 0.950. The Morgan fingerprint density at radius 1 is 1.09 bits per heavy atom. The first kappa shape index (κ1) is 15.1. The van der Waals surface area contributed by atoms with Crippen LogP contribution in [-0.4, -0.2) is 16.6 Å². The van der Waals surface area contributed by atoms with Gasteiger partial charge in [0.2, 0.25) is 0 Å². The lowest BCUT2D eigenvalue weighted by Crippen LogP contribution is -2.05. The van der Waals surface area contributed by atoms with Crippen molar-refractivity contribution in [3.05, 3.63) is 60.2 Å². The van der Waals surface area contributed by atoms with Gasteiger partial charge in [0.05, 0.1) is 0 Å². The van der Waals surface area contributed by atoms with Gasteiger partial charge in [-0.05, 0) is 29.8 Å². The molecule has 1 N–H and O–H groups in total. The molecule has 0 atom stereocenters. The summed E-state index contributed by atoms with van der Waals surface area (Å²) >= 11 is 0. The van der Waals surface area contributed by atoms with Gasteiger partial charge < -0.3 is 10.1 Å². The summed E-state index contributed by atoms with van der Waals surface area (Å²) in [4.78, 5) is 8.01. The molecule has 118 valence electrons. The monoisotopic (exact) mass is 319 g/mol. The lowest BCUT2D eigenvalue weighted by Gasteiger charge is -2.10. The van der Waals surface area contributed by atoms with Crippen molar-refractivity contribution in [2.45, 2.75) is 13.2 Å². The zero-order valence-electron chi connectivity index (χ0n) is 11.8. The number of fused-ring (bicyclic) bond motifs is 1. The summed E-state index contributed by atoms with van der Waals surface area (Å²) in [5, 5.41) is 3.60. The van der Waals surface area contributed by atoms with Gasteiger partial charge in [-0.15, -0.1) is 0 Å². The third-order valence-electron chi connectivity index (χ3n) is 3.20. The first-order valence-corrected chi connectivity index (χ1v) is 6.80. The zero-order chi connectivity index (χ0) is 16.2. The number of hydrogen-bond acceptors (Lipinski definition) is 4. The van der Waals surface area contributed by atoms with Gasteiger partial charge in [0.15, 0.2) is 0 Å². The average Bonchev–Trinajstić information content (AvgIpc) is 2.53. The van der Waals surface area contributed by atoms with E-state index in [2.05, 4.69) is 20.0 Å². The molecule has 0 saturated carbocycles. The smallest absolute Gasteiger partial charge is 0.387 e. The van der Waals surface area contributed by atoms with E-state index in [0.29, 0.717) is 17.7 Å². The normalized spacial score (nSPS) is 11.0. The topological polar surface area (TPSA) is 47.0 Å². The number of nitrogens with zero attached hydrogens (tertiary/aromatic N) is 2. The van der Waals surface area contributed by atoms with E-state index in [1.807, 2.05) is 0 Å². The van der Waals surface area contributed by atoms with Crippen molar-refractivity contribution in [1.82, 2.24) is 9.97 Å². The molecule has 0 amide bonds. The zero-order valence-corrected chi connectivity index (χ0v) is 11.8. The molecular weight excluding hydrogens is 307 g/mol. The van der Waals surface area contributed by atoms with E-state index in [1.54, 1.807) is 24.3 Å². The van der Waals surface area contributed by atoms with E-state index in [-0.39, 0.29) is 11.3 Å². The standard InChI is InChI=1S/C16H12F3N3O/c17-13-6-2-5-12-14(13)21-9-22-15(12)20-8-10-3-1-4-11(7-10)23-16(18)19/h1-7,9,16H,8H2,(H,20,21,22). The lowest BCUT2D eigenvalue weighted by atomic mass is 10.2. The molecule has 0 radical (unpaired) electrons. The predicted octanol–water partition coefficient (Wildman–Crippen LogP) is 3.98. The molecule has 0 saturated heterocycles. The minimum atomic E-state index is -2.87. The number of aromatic nitrogens is 2. The third kappa shape index (κ3) is 3.50. The minimum Gasteiger partial charge on any atom is -0.435 e. The molecule has 3 aromatic rings. The van der Waals surface area contributed by atoms with Crippen LogP contribution in [0.25, 0.3) is 10.9 Å². The van der Waals surface area contributed by atoms with Crippen molar-refractivity contribution >= 4 is 16.7 Å². The maximum atomic E-state index is 13.7. The summed E-state index contributed by atoms with van der Waals surface area (Å²) in [6.07, 6.45) is 1.27. The Morgan fingerprint density at radius 3 is 2.74 bits per heavy atom. The van der Waals surface area contributed by atoms with Gasteiger partial charge in [-0.1, -0.05) is 18.2 Å². The van der Waals surface area contributed by atoms with Crippen LogP contribution in [0.3, 0.4) is 0 Å². The number of benzene rings is 2. The highest BCUT2D eigenvalue weighted by Crippen LogP contribution is 2.22. The SMILES string of the molecule is Fc1cccc2c(NCc3cccc(OC(F)F)c3)ncnc12. The molecule has 1 heterocycles. The van der Waals surface area contributed by atoms with Crippen LogP contribution in [-0.2, 0) is 6.54 Å². The molecule has 23 heavy (non-hydrogen) atoms. The second-order valence-corrected chi connectivity index (χ2v) is 4.74. The van der Waals surface area contributed by atoms with Gasteiger partial charge in [0, 0.05) is 11.9 Å². The quantitative estimate of drug-likeness (QED) is 0.772. The molecule has 0 aliphatic heterocycles. The first-order chi connectivity index (χ1) is 11.1. The van der Waals surface area contributed by atoms with Crippen LogP contribution in [0.5, 0.6) is 5.75 Å². The number of ether oxygens (including phenoxy) is 1. The van der Waals surface area contributed by atoms with Gasteiger partial charge in [0.1, 0.15) is 29.2 Å². The number of anilines is 1. The largest absolute Gasteiger partial charge is 0.435 e. The first-order valence-electron chi connectivity index (χ1n) is 6.80. The number of nitrogens with one attached hydrogen (secondary N) is 1. The van der Waals surface area contributed by atoms with Crippen LogP contribution in [0.2, 0.25) is 0 Å². The Balaban J connectivity index is 1.80. The maximum Gasteiger partial charge on any atom is 0.387 e. The molecule has 1 aromatic heterocycles. The minimum absolute atomic E-state index is 0.0814. The fourth-order valence-corrected chi connectivity index (χ4v) is 2.21. The van der Waals surface area contributed by atoms with Crippen LogP contribution in [0.1, 0.15) is 5.56 Å². The van der Waals surface area contributed by atoms with Crippen LogP contribution in [0.15, 0.2) is 48.8 Å². The number of para-hydroxylation sites is 1. The summed E-state index contributed by atoms with van der Waals surface area (Å²) in [6, 6.07) is 10.9. The highest BCUT2D eigenvalue weighted by atomic mass is 19.3. The highest BCUT2D eigenvalue weighted by Gasteiger charge is 2.08. The van der Waals surface area contributed by atoms with Gasteiger partial charge >= 0.3 is 6.61 Å². The molecule has 0 fully saturated rings.